The van der Waals surface area contributed by atoms with Gasteiger partial charge >= 0.3 is 0 Å². The van der Waals surface area contributed by atoms with Crippen LogP contribution in [0.5, 0.6) is 5.75 Å². The Morgan fingerprint density at radius 1 is 1.29 bits per heavy atom. The lowest BCUT2D eigenvalue weighted by atomic mass is 10.1. The van der Waals surface area contributed by atoms with E-state index in [2.05, 4.69) is 24.4 Å². The predicted molar refractivity (Wildman–Crippen MR) is 68.3 cm³/mol. The SMILES string of the molecule is CCOc1ccc(C2CNCC(C)CO2)cc1. The van der Waals surface area contributed by atoms with Crippen LogP contribution in [0.2, 0.25) is 0 Å². The number of hydrogen-bond donors (Lipinski definition) is 1. The summed E-state index contributed by atoms with van der Waals surface area (Å²) in [5.74, 6) is 1.51. The fraction of sp³-hybridized carbons (Fsp3) is 0.571. The first kappa shape index (κ1) is 12.4. The molecule has 1 aromatic carbocycles. The van der Waals surface area contributed by atoms with Gasteiger partial charge in [0.15, 0.2) is 0 Å². The Kier molecular flexibility index (Phi) is 4.40. The molecule has 2 atom stereocenters. The van der Waals surface area contributed by atoms with Gasteiger partial charge in [-0.3, -0.25) is 0 Å². The van der Waals surface area contributed by atoms with Crippen molar-refractivity contribution in [2.24, 2.45) is 5.92 Å². The van der Waals surface area contributed by atoms with Crippen molar-refractivity contribution in [2.75, 3.05) is 26.3 Å². The van der Waals surface area contributed by atoms with E-state index in [0.717, 1.165) is 25.4 Å². The summed E-state index contributed by atoms with van der Waals surface area (Å²) < 4.78 is 11.3. The molecule has 2 unspecified atom stereocenters. The highest BCUT2D eigenvalue weighted by molar-refractivity contribution is 5.28. The molecular formula is C14H21NO2. The van der Waals surface area contributed by atoms with E-state index in [-0.39, 0.29) is 6.10 Å². The van der Waals surface area contributed by atoms with Crippen molar-refractivity contribution < 1.29 is 9.47 Å². The molecule has 0 aliphatic carbocycles. The second-order valence-corrected chi connectivity index (χ2v) is 4.59. The fourth-order valence-electron chi connectivity index (χ4n) is 2.02. The summed E-state index contributed by atoms with van der Waals surface area (Å²) in [7, 11) is 0. The Hall–Kier alpha value is -1.06. The average Bonchev–Trinajstić information content (AvgIpc) is 2.56. The molecule has 0 amide bonds. The lowest BCUT2D eigenvalue weighted by Crippen LogP contribution is -2.22. The number of nitrogens with one attached hydrogen (secondary N) is 1. The van der Waals surface area contributed by atoms with Crippen molar-refractivity contribution in [3.8, 4) is 5.75 Å². The smallest absolute Gasteiger partial charge is 0.119 e. The molecule has 0 radical (unpaired) electrons. The summed E-state index contributed by atoms with van der Waals surface area (Å²) >= 11 is 0. The molecule has 1 aliphatic rings. The molecule has 3 heteroatoms. The molecule has 0 aromatic heterocycles. The molecule has 1 aromatic rings. The fourth-order valence-corrected chi connectivity index (χ4v) is 2.02. The van der Waals surface area contributed by atoms with Gasteiger partial charge in [-0.25, -0.2) is 0 Å². The summed E-state index contributed by atoms with van der Waals surface area (Å²) in [6.45, 7) is 7.65. The molecule has 1 fully saturated rings. The number of rotatable bonds is 3. The Labute approximate surface area is 103 Å². The molecule has 0 saturated carbocycles. The summed E-state index contributed by atoms with van der Waals surface area (Å²) in [5.41, 5.74) is 1.22. The molecule has 1 aliphatic heterocycles. The Bertz CT molecular complexity index is 337. The van der Waals surface area contributed by atoms with Crippen LogP contribution in [0.1, 0.15) is 25.5 Å². The third-order valence-corrected chi connectivity index (χ3v) is 2.97. The summed E-state index contributed by atoms with van der Waals surface area (Å²) in [6, 6.07) is 8.20. The van der Waals surface area contributed by atoms with Gasteiger partial charge in [0.2, 0.25) is 0 Å². The minimum Gasteiger partial charge on any atom is -0.494 e. The first-order valence-corrected chi connectivity index (χ1v) is 6.34. The Morgan fingerprint density at radius 3 is 2.76 bits per heavy atom. The van der Waals surface area contributed by atoms with Gasteiger partial charge in [0.25, 0.3) is 0 Å². The standard InChI is InChI=1S/C14H21NO2/c1-3-16-13-6-4-12(5-7-13)14-9-15-8-11(2)10-17-14/h4-7,11,14-15H,3,8-10H2,1-2H3. The number of ether oxygens (including phenoxy) is 2. The minimum absolute atomic E-state index is 0.163. The zero-order chi connectivity index (χ0) is 12.1. The quantitative estimate of drug-likeness (QED) is 0.872. The lowest BCUT2D eigenvalue weighted by Gasteiger charge is -2.16. The largest absolute Gasteiger partial charge is 0.494 e. The number of benzene rings is 1. The van der Waals surface area contributed by atoms with E-state index in [1.807, 2.05) is 19.1 Å². The van der Waals surface area contributed by atoms with Crippen LogP contribution < -0.4 is 10.1 Å². The van der Waals surface area contributed by atoms with Gasteiger partial charge in [-0.15, -0.1) is 0 Å². The van der Waals surface area contributed by atoms with Crippen LogP contribution in [0.25, 0.3) is 0 Å². The normalized spacial score (nSPS) is 25.3. The topological polar surface area (TPSA) is 30.5 Å². The van der Waals surface area contributed by atoms with Gasteiger partial charge in [0.05, 0.1) is 19.3 Å². The Morgan fingerprint density at radius 2 is 2.06 bits per heavy atom. The van der Waals surface area contributed by atoms with E-state index in [9.17, 15) is 0 Å². The summed E-state index contributed by atoms with van der Waals surface area (Å²) in [6.07, 6.45) is 0.163. The molecular weight excluding hydrogens is 214 g/mol. The summed E-state index contributed by atoms with van der Waals surface area (Å²) in [4.78, 5) is 0. The highest BCUT2D eigenvalue weighted by Gasteiger charge is 2.17. The molecule has 94 valence electrons. The van der Waals surface area contributed by atoms with Crippen molar-refractivity contribution >= 4 is 0 Å². The molecule has 2 rings (SSSR count). The highest BCUT2D eigenvalue weighted by Crippen LogP contribution is 2.22. The summed E-state index contributed by atoms with van der Waals surface area (Å²) in [5, 5.41) is 3.43. The molecule has 0 spiro atoms. The maximum atomic E-state index is 5.90. The van der Waals surface area contributed by atoms with Gasteiger partial charge in [-0.05, 0) is 30.5 Å². The van der Waals surface area contributed by atoms with Gasteiger partial charge < -0.3 is 14.8 Å². The first-order chi connectivity index (χ1) is 8.29. The zero-order valence-electron chi connectivity index (χ0n) is 10.6. The highest BCUT2D eigenvalue weighted by atomic mass is 16.5. The van der Waals surface area contributed by atoms with E-state index in [1.165, 1.54) is 5.56 Å². The van der Waals surface area contributed by atoms with Gasteiger partial charge in [-0.2, -0.15) is 0 Å². The third kappa shape index (κ3) is 3.45. The van der Waals surface area contributed by atoms with Gasteiger partial charge in [-0.1, -0.05) is 19.1 Å². The third-order valence-electron chi connectivity index (χ3n) is 2.97. The molecule has 1 heterocycles. The Balaban J connectivity index is 2.00. The predicted octanol–water partition coefficient (Wildman–Crippen LogP) is 2.38. The molecule has 1 saturated heterocycles. The van der Waals surface area contributed by atoms with Crippen LogP contribution in [-0.2, 0) is 4.74 Å². The molecule has 3 nitrogen and oxygen atoms in total. The first-order valence-electron chi connectivity index (χ1n) is 6.34. The lowest BCUT2D eigenvalue weighted by molar-refractivity contribution is 0.0515. The van der Waals surface area contributed by atoms with Crippen molar-refractivity contribution in [3.63, 3.8) is 0 Å². The van der Waals surface area contributed by atoms with Crippen molar-refractivity contribution in [1.82, 2.24) is 5.32 Å². The minimum atomic E-state index is 0.163. The average molecular weight is 235 g/mol. The van der Waals surface area contributed by atoms with E-state index in [4.69, 9.17) is 9.47 Å². The van der Waals surface area contributed by atoms with Crippen molar-refractivity contribution in [2.45, 2.75) is 20.0 Å². The zero-order valence-corrected chi connectivity index (χ0v) is 10.6. The van der Waals surface area contributed by atoms with Crippen LogP contribution in [0, 0.1) is 5.92 Å². The van der Waals surface area contributed by atoms with E-state index >= 15 is 0 Å². The molecule has 1 N–H and O–H groups in total. The van der Waals surface area contributed by atoms with Crippen molar-refractivity contribution in [1.29, 1.82) is 0 Å². The van der Waals surface area contributed by atoms with E-state index in [0.29, 0.717) is 12.5 Å². The van der Waals surface area contributed by atoms with Crippen LogP contribution in [0.15, 0.2) is 24.3 Å². The van der Waals surface area contributed by atoms with Crippen LogP contribution in [0.4, 0.5) is 0 Å². The van der Waals surface area contributed by atoms with Gasteiger partial charge in [0, 0.05) is 13.1 Å². The van der Waals surface area contributed by atoms with Crippen LogP contribution in [-0.4, -0.2) is 26.3 Å². The van der Waals surface area contributed by atoms with Crippen LogP contribution >= 0.6 is 0 Å². The van der Waals surface area contributed by atoms with Crippen molar-refractivity contribution in [3.05, 3.63) is 29.8 Å². The number of hydrogen-bond acceptors (Lipinski definition) is 3. The van der Waals surface area contributed by atoms with Gasteiger partial charge in [0.1, 0.15) is 5.75 Å². The second-order valence-electron chi connectivity index (χ2n) is 4.59. The maximum Gasteiger partial charge on any atom is 0.119 e. The molecule has 17 heavy (non-hydrogen) atoms. The van der Waals surface area contributed by atoms with E-state index in [1.54, 1.807) is 0 Å². The monoisotopic (exact) mass is 235 g/mol. The van der Waals surface area contributed by atoms with E-state index < -0.39 is 0 Å². The second kappa shape index (κ2) is 6.03. The maximum absolute atomic E-state index is 5.90. The molecule has 0 bridgehead atoms. The van der Waals surface area contributed by atoms with Crippen LogP contribution in [0.3, 0.4) is 0 Å².